The molecule has 0 saturated heterocycles. The van der Waals surface area contributed by atoms with Crippen LogP contribution in [0.4, 0.5) is 0 Å². The molecule has 1 N–H and O–H groups in total. The van der Waals surface area contributed by atoms with Crippen molar-refractivity contribution in [3.8, 4) is 0 Å². The van der Waals surface area contributed by atoms with Crippen molar-refractivity contribution in [1.29, 1.82) is 0 Å². The topological polar surface area (TPSA) is 62.8 Å². The van der Waals surface area contributed by atoms with Crippen LogP contribution in [0.1, 0.15) is 12.6 Å². The number of aryl methyl sites for hydroxylation is 1. The molecule has 0 bridgehead atoms. The number of aromatic amines is 1. The highest BCUT2D eigenvalue weighted by Crippen LogP contribution is 2.09. The molecule has 0 unspecified atom stereocenters. The number of nitrogens with zero attached hydrogens (tertiary/aromatic N) is 1. The number of H-pyrrole nitrogens is 1. The van der Waals surface area contributed by atoms with Crippen molar-refractivity contribution in [2.75, 3.05) is 0 Å². The fourth-order valence-electron chi connectivity index (χ4n) is 0.642. The fourth-order valence-corrected chi connectivity index (χ4v) is 1.31. The van der Waals surface area contributed by atoms with E-state index in [0.29, 0.717) is 6.42 Å². The summed E-state index contributed by atoms with van der Waals surface area (Å²) in [7, 11) is 1.32. The highest BCUT2D eigenvalue weighted by Gasteiger charge is 2.13. The minimum Gasteiger partial charge on any atom is -0.332 e. The maximum atomic E-state index is 10.6. The van der Waals surface area contributed by atoms with Gasteiger partial charge in [-0.25, -0.2) is 13.4 Å². The standard InChI is InChI=1S/C5H7ClN2O2S/c1-2-4-3-7-5(8-4)11(6,9)10/h3H,2H2,1H3,(H,7,8). The van der Waals surface area contributed by atoms with Crippen LogP contribution in [0.3, 0.4) is 0 Å². The van der Waals surface area contributed by atoms with Gasteiger partial charge in [-0.05, 0) is 6.42 Å². The molecule has 0 aliphatic rings. The van der Waals surface area contributed by atoms with Gasteiger partial charge >= 0.3 is 0 Å². The van der Waals surface area contributed by atoms with E-state index in [4.69, 9.17) is 10.7 Å². The lowest BCUT2D eigenvalue weighted by atomic mass is 10.4. The van der Waals surface area contributed by atoms with Crippen LogP contribution in [0.5, 0.6) is 0 Å². The predicted octanol–water partition coefficient (Wildman–Crippen LogP) is 0.900. The van der Waals surface area contributed by atoms with Gasteiger partial charge in [0.15, 0.2) is 0 Å². The monoisotopic (exact) mass is 194 g/mol. The summed E-state index contributed by atoms with van der Waals surface area (Å²) < 4.78 is 21.3. The second-order valence-electron chi connectivity index (χ2n) is 2.00. The molecule has 1 rings (SSSR count). The molecule has 1 aromatic heterocycles. The Bertz CT molecular complexity index is 343. The largest absolute Gasteiger partial charge is 0.332 e. The van der Waals surface area contributed by atoms with Gasteiger partial charge in [-0.2, -0.15) is 0 Å². The average molecular weight is 195 g/mol. The molecule has 0 amide bonds. The Morgan fingerprint density at radius 2 is 2.36 bits per heavy atom. The number of halogens is 1. The summed E-state index contributed by atoms with van der Waals surface area (Å²) in [6.45, 7) is 1.89. The van der Waals surface area contributed by atoms with E-state index in [1.165, 1.54) is 6.20 Å². The lowest BCUT2D eigenvalue weighted by Gasteiger charge is -1.86. The van der Waals surface area contributed by atoms with Crippen LogP contribution in [-0.2, 0) is 15.5 Å². The van der Waals surface area contributed by atoms with Crippen LogP contribution in [0.2, 0.25) is 0 Å². The van der Waals surface area contributed by atoms with Crippen molar-refractivity contribution in [2.24, 2.45) is 0 Å². The molecule has 62 valence electrons. The third-order valence-electron chi connectivity index (χ3n) is 1.22. The molecule has 0 spiro atoms. The lowest BCUT2D eigenvalue weighted by molar-refractivity contribution is 0.602. The molecule has 0 fully saturated rings. The Morgan fingerprint density at radius 3 is 2.64 bits per heavy atom. The van der Waals surface area contributed by atoms with E-state index in [2.05, 4.69) is 9.97 Å². The summed E-state index contributed by atoms with van der Waals surface area (Å²) in [6.07, 6.45) is 2.16. The minimum atomic E-state index is -3.69. The predicted molar refractivity (Wildman–Crippen MR) is 41.0 cm³/mol. The van der Waals surface area contributed by atoms with E-state index in [1.807, 2.05) is 6.92 Å². The lowest BCUT2D eigenvalue weighted by Crippen LogP contribution is -1.93. The minimum absolute atomic E-state index is 0.184. The molecule has 0 aliphatic heterocycles. The Morgan fingerprint density at radius 1 is 1.73 bits per heavy atom. The van der Waals surface area contributed by atoms with Crippen LogP contribution >= 0.6 is 10.7 Å². The van der Waals surface area contributed by atoms with Crippen LogP contribution in [0.25, 0.3) is 0 Å². The first-order valence-electron chi connectivity index (χ1n) is 3.02. The van der Waals surface area contributed by atoms with Crippen molar-refractivity contribution in [2.45, 2.75) is 18.5 Å². The van der Waals surface area contributed by atoms with Gasteiger partial charge in [-0.1, -0.05) is 6.92 Å². The SMILES string of the molecule is CCc1cnc(S(=O)(=O)Cl)[nH]1. The zero-order valence-electron chi connectivity index (χ0n) is 5.83. The summed E-state index contributed by atoms with van der Waals surface area (Å²) in [5.74, 6) is 0. The molecule has 0 saturated carbocycles. The number of imidazole rings is 1. The number of hydrogen-bond donors (Lipinski definition) is 1. The van der Waals surface area contributed by atoms with E-state index < -0.39 is 9.05 Å². The van der Waals surface area contributed by atoms with Gasteiger partial charge in [0.25, 0.3) is 9.05 Å². The van der Waals surface area contributed by atoms with Gasteiger partial charge in [-0.15, -0.1) is 0 Å². The number of nitrogens with one attached hydrogen (secondary N) is 1. The number of hydrogen-bond acceptors (Lipinski definition) is 3. The van der Waals surface area contributed by atoms with Gasteiger partial charge < -0.3 is 4.98 Å². The first-order valence-corrected chi connectivity index (χ1v) is 5.33. The van der Waals surface area contributed by atoms with E-state index in [-0.39, 0.29) is 5.16 Å². The van der Waals surface area contributed by atoms with E-state index in [1.54, 1.807) is 0 Å². The second-order valence-corrected chi connectivity index (χ2v) is 4.49. The average Bonchev–Trinajstić information content (AvgIpc) is 2.32. The fraction of sp³-hybridized carbons (Fsp3) is 0.400. The Balaban J connectivity index is 3.09. The molecule has 0 aliphatic carbocycles. The molecule has 11 heavy (non-hydrogen) atoms. The molecule has 4 nitrogen and oxygen atoms in total. The molecule has 0 radical (unpaired) electrons. The third kappa shape index (κ3) is 1.94. The summed E-state index contributed by atoms with van der Waals surface area (Å²) in [4.78, 5) is 6.15. The summed E-state index contributed by atoms with van der Waals surface area (Å²) in [5, 5.41) is -0.184. The van der Waals surface area contributed by atoms with Crippen molar-refractivity contribution in [3.63, 3.8) is 0 Å². The smallest absolute Gasteiger partial charge is 0.294 e. The molecular weight excluding hydrogens is 188 g/mol. The van der Waals surface area contributed by atoms with Crippen LogP contribution in [0.15, 0.2) is 11.4 Å². The van der Waals surface area contributed by atoms with Crippen LogP contribution in [-0.4, -0.2) is 18.4 Å². The summed E-state index contributed by atoms with van der Waals surface area (Å²) >= 11 is 0. The summed E-state index contributed by atoms with van der Waals surface area (Å²) in [5.41, 5.74) is 0.754. The first-order chi connectivity index (χ1) is 5.04. The van der Waals surface area contributed by atoms with Crippen LogP contribution in [0, 0.1) is 0 Å². The first kappa shape index (κ1) is 8.55. The molecule has 1 aromatic rings. The molecule has 0 aromatic carbocycles. The molecule has 1 heterocycles. The maximum Gasteiger partial charge on any atom is 0.294 e. The molecular formula is C5H7ClN2O2S. The Labute approximate surface area is 69.0 Å². The van der Waals surface area contributed by atoms with Crippen LogP contribution < -0.4 is 0 Å². The van der Waals surface area contributed by atoms with Gasteiger partial charge in [0.05, 0.1) is 0 Å². The van der Waals surface area contributed by atoms with E-state index in [0.717, 1.165) is 5.69 Å². The Hall–Kier alpha value is -0.550. The Kier molecular flexibility index (Phi) is 2.20. The van der Waals surface area contributed by atoms with E-state index >= 15 is 0 Å². The highest BCUT2D eigenvalue weighted by molar-refractivity contribution is 8.13. The van der Waals surface area contributed by atoms with Crippen molar-refractivity contribution in [1.82, 2.24) is 9.97 Å². The van der Waals surface area contributed by atoms with Crippen molar-refractivity contribution >= 4 is 19.7 Å². The zero-order chi connectivity index (χ0) is 8.48. The summed E-state index contributed by atoms with van der Waals surface area (Å²) in [6, 6.07) is 0. The van der Waals surface area contributed by atoms with Gasteiger partial charge in [0.1, 0.15) is 0 Å². The number of aromatic nitrogens is 2. The molecule has 0 atom stereocenters. The maximum absolute atomic E-state index is 10.6. The van der Waals surface area contributed by atoms with Gasteiger partial charge in [0, 0.05) is 22.6 Å². The quantitative estimate of drug-likeness (QED) is 0.712. The zero-order valence-corrected chi connectivity index (χ0v) is 7.41. The van der Waals surface area contributed by atoms with Crippen molar-refractivity contribution < 1.29 is 8.42 Å². The second kappa shape index (κ2) is 2.83. The van der Waals surface area contributed by atoms with Gasteiger partial charge in [0.2, 0.25) is 5.16 Å². The molecule has 6 heteroatoms. The van der Waals surface area contributed by atoms with Gasteiger partial charge in [-0.3, -0.25) is 0 Å². The van der Waals surface area contributed by atoms with Crippen molar-refractivity contribution in [3.05, 3.63) is 11.9 Å². The van der Waals surface area contributed by atoms with E-state index in [9.17, 15) is 8.42 Å². The normalized spacial score (nSPS) is 11.8. The third-order valence-corrected chi connectivity index (χ3v) is 2.32. The number of rotatable bonds is 2. The highest BCUT2D eigenvalue weighted by atomic mass is 35.7.